The van der Waals surface area contributed by atoms with Crippen LogP contribution >= 0.6 is 0 Å². The van der Waals surface area contributed by atoms with E-state index in [-0.39, 0.29) is 11.6 Å². The molecule has 1 aliphatic heterocycles. The minimum Gasteiger partial charge on any atom is -0.379 e. The van der Waals surface area contributed by atoms with Gasteiger partial charge in [-0.3, -0.25) is 4.79 Å². The second-order valence-electron chi connectivity index (χ2n) is 8.75. The van der Waals surface area contributed by atoms with Gasteiger partial charge in [-0.05, 0) is 61.9 Å². The SMILES string of the molecule is O=C(NC1CCC(CN(c2ccccc2)N2CCOCC2)CC1)c1cccc(C(F)(F)F)c1. The van der Waals surface area contributed by atoms with Crippen LogP contribution in [0.5, 0.6) is 0 Å². The summed E-state index contributed by atoms with van der Waals surface area (Å²) in [5.74, 6) is 0.0403. The van der Waals surface area contributed by atoms with Gasteiger partial charge in [-0.2, -0.15) is 13.2 Å². The highest BCUT2D eigenvalue weighted by Gasteiger charge is 2.31. The summed E-state index contributed by atoms with van der Waals surface area (Å²) in [6.45, 7) is 4.06. The molecule has 0 radical (unpaired) electrons. The van der Waals surface area contributed by atoms with Crippen molar-refractivity contribution in [2.24, 2.45) is 5.92 Å². The molecule has 0 aromatic heterocycles. The molecule has 4 rings (SSSR count). The van der Waals surface area contributed by atoms with Crippen LogP contribution in [0.15, 0.2) is 54.6 Å². The van der Waals surface area contributed by atoms with Crippen LogP contribution in [-0.4, -0.2) is 49.8 Å². The van der Waals surface area contributed by atoms with Crippen LogP contribution < -0.4 is 10.3 Å². The average molecular weight is 462 g/mol. The van der Waals surface area contributed by atoms with E-state index in [4.69, 9.17) is 4.74 Å². The van der Waals surface area contributed by atoms with Crippen LogP contribution in [0.2, 0.25) is 0 Å². The summed E-state index contributed by atoms with van der Waals surface area (Å²) < 4.78 is 44.4. The number of nitrogens with zero attached hydrogens (tertiary/aromatic N) is 2. The Labute approximate surface area is 192 Å². The topological polar surface area (TPSA) is 44.8 Å². The van der Waals surface area contributed by atoms with Gasteiger partial charge in [0, 0.05) is 31.2 Å². The van der Waals surface area contributed by atoms with Crippen molar-refractivity contribution in [3.05, 3.63) is 65.7 Å². The molecule has 178 valence electrons. The molecule has 8 heteroatoms. The Hall–Kier alpha value is -2.58. The largest absolute Gasteiger partial charge is 0.416 e. The highest BCUT2D eigenvalue weighted by Crippen LogP contribution is 2.30. The Kier molecular flexibility index (Phi) is 7.55. The molecule has 2 aromatic carbocycles. The third kappa shape index (κ3) is 6.26. The molecule has 0 atom stereocenters. The zero-order valence-electron chi connectivity index (χ0n) is 18.6. The number of alkyl halides is 3. The molecule has 1 amide bonds. The van der Waals surface area contributed by atoms with Crippen LogP contribution in [0.3, 0.4) is 0 Å². The van der Waals surface area contributed by atoms with Crippen LogP contribution in [0.1, 0.15) is 41.6 Å². The lowest BCUT2D eigenvalue weighted by Gasteiger charge is -2.42. The molecule has 1 aliphatic carbocycles. The van der Waals surface area contributed by atoms with Gasteiger partial charge in [-0.15, -0.1) is 0 Å². The van der Waals surface area contributed by atoms with Crippen molar-refractivity contribution < 1.29 is 22.7 Å². The molecule has 2 aromatic rings. The molecule has 0 spiro atoms. The predicted octanol–water partition coefficient (Wildman–Crippen LogP) is 4.75. The highest BCUT2D eigenvalue weighted by atomic mass is 19.4. The summed E-state index contributed by atoms with van der Waals surface area (Å²) in [6, 6.07) is 14.9. The van der Waals surface area contributed by atoms with E-state index in [0.717, 1.165) is 70.7 Å². The minimum atomic E-state index is -4.46. The number of hydrogen-bond donors (Lipinski definition) is 1. The standard InChI is InChI=1S/C25H30F3N3O2/c26-25(27,28)21-6-4-5-20(17-21)24(32)29-22-11-9-19(10-12-22)18-31(23-7-2-1-3-8-23)30-13-15-33-16-14-30/h1-8,17,19,22H,9-16,18H2,(H,29,32). The van der Waals surface area contributed by atoms with Gasteiger partial charge in [0.25, 0.3) is 5.91 Å². The smallest absolute Gasteiger partial charge is 0.379 e. The number of nitrogens with one attached hydrogen (secondary N) is 1. The van der Waals surface area contributed by atoms with Gasteiger partial charge < -0.3 is 15.1 Å². The summed E-state index contributed by atoms with van der Waals surface area (Å²) in [4.78, 5) is 12.5. The quantitative estimate of drug-likeness (QED) is 0.675. The molecular formula is C25H30F3N3O2. The Morgan fingerprint density at radius 3 is 2.36 bits per heavy atom. The number of carbonyl (C=O) groups excluding carboxylic acids is 1. The van der Waals surface area contributed by atoms with Crippen LogP contribution in [0.25, 0.3) is 0 Å². The number of hydrogen-bond acceptors (Lipinski definition) is 4. The van der Waals surface area contributed by atoms with E-state index < -0.39 is 17.6 Å². The fraction of sp³-hybridized carbons (Fsp3) is 0.480. The van der Waals surface area contributed by atoms with Crippen molar-refractivity contribution in [1.29, 1.82) is 0 Å². The lowest BCUT2D eigenvalue weighted by Crippen LogP contribution is -2.51. The first-order valence-electron chi connectivity index (χ1n) is 11.5. The molecule has 2 fully saturated rings. The average Bonchev–Trinajstić information content (AvgIpc) is 2.84. The van der Waals surface area contributed by atoms with Crippen molar-refractivity contribution >= 4 is 11.6 Å². The molecule has 5 nitrogen and oxygen atoms in total. The van der Waals surface area contributed by atoms with Gasteiger partial charge in [-0.1, -0.05) is 24.3 Å². The maximum Gasteiger partial charge on any atom is 0.416 e. The van der Waals surface area contributed by atoms with E-state index in [0.29, 0.717) is 5.92 Å². The first-order valence-corrected chi connectivity index (χ1v) is 11.5. The summed E-state index contributed by atoms with van der Waals surface area (Å²) >= 11 is 0. The first kappa shape index (κ1) is 23.6. The third-order valence-electron chi connectivity index (χ3n) is 6.45. The number of anilines is 1. The lowest BCUT2D eigenvalue weighted by molar-refractivity contribution is -0.137. The fourth-order valence-electron chi connectivity index (χ4n) is 4.62. The number of rotatable bonds is 6. The Balaban J connectivity index is 1.33. The monoisotopic (exact) mass is 461 g/mol. The number of hydrazine groups is 1. The summed E-state index contributed by atoms with van der Waals surface area (Å²) in [6.07, 6.45) is -0.899. The van der Waals surface area contributed by atoms with Gasteiger partial charge in [0.1, 0.15) is 0 Å². The van der Waals surface area contributed by atoms with Crippen molar-refractivity contribution in [1.82, 2.24) is 10.3 Å². The molecule has 33 heavy (non-hydrogen) atoms. The first-order chi connectivity index (χ1) is 15.9. The number of carbonyl (C=O) groups is 1. The van der Waals surface area contributed by atoms with Gasteiger partial charge in [0.05, 0.1) is 24.5 Å². The van der Waals surface area contributed by atoms with E-state index in [1.54, 1.807) is 0 Å². The molecule has 2 aliphatic rings. The Bertz CT molecular complexity index is 909. The van der Waals surface area contributed by atoms with E-state index >= 15 is 0 Å². The van der Waals surface area contributed by atoms with Crippen molar-refractivity contribution in [2.75, 3.05) is 37.9 Å². The summed E-state index contributed by atoms with van der Waals surface area (Å²) in [5.41, 5.74) is 0.414. The molecule has 1 heterocycles. The van der Waals surface area contributed by atoms with Crippen molar-refractivity contribution in [2.45, 2.75) is 37.9 Å². The highest BCUT2D eigenvalue weighted by molar-refractivity contribution is 5.94. The number of halogens is 3. The predicted molar refractivity (Wildman–Crippen MR) is 121 cm³/mol. The van der Waals surface area contributed by atoms with E-state index in [1.165, 1.54) is 17.8 Å². The lowest BCUT2D eigenvalue weighted by atomic mass is 9.85. The molecule has 1 saturated carbocycles. The van der Waals surface area contributed by atoms with Gasteiger partial charge >= 0.3 is 6.18 Å². The molecule has 1 N–H and O–H groups in total. The van der Waals surface area contributed by atoms with E-state index in [1.807, 2.05) is 18.2 Å². The minimum absolute atomic E-state index is 0.0168. The number of amides is 1. The van der Waals surface area contributed by atoms with E-state index in [9.17, 15) is 18.0 Å². The van der Waals surface area contributed by atoms with Crippen LogP contribution in [-0.2, 0) is 10.9 Å². The number of morpholine rings is 1. The normalized spacial score (nSPS) is 22.0. The van der Waals surface area contributed by atoms with Crippen LogP contribution in [0, 0.1) is 5.92 Å². The maximum atomic E-state index is 12.9. The number of para-hydroxylation sites is 1. The second kappa shape index (κ2) is 10.6. The maximum absolute atomic E-state index is 12.9. The zero-order chi connectivity index (χ0) is 23.3. The fourth-order valence-corrected chi connectivity index (χ4v) is 4.62. The Morgan fingerprint density at radius 2 is 1.70 bits per heavy atom. The second-order valence-corrected chi connectivity index (χ2v) is 8.75. The number of benzene rings is 2. The van der Waals surface area contributed by atoms with Crippen molar-refractivity contribution in [3.8, 4) is 0 Å². The molecule has 1 saturated heterocycles. The molecular weight excluding hydrogens is 431 g/mol. The summed E-state index contributed by atoms with van der Waals surface area (Å²) in [5, 5.41) is 7.64. The van der Waals surface area contributed by atoms with Gasteiger partial charge in [0.2, 0.25) is 0 Å². The third-order valence-corrected chi connectivity index (χ3v) is 6.45. The zero-order valence-corrected chi connectivity index (χ0v) is 18.6. The van der Waals surface area contributed by atoms with Crippen LogP contribution in [0.4, 0.5) is 18.9 Å². The molecule has 0 unspecified atom stereocenters. The van der Waals surface area contributed by atoms with Gasteiger partial charge in [0.15, 0.2) is 0 Å². The van der Waals surface area contributed by atoms with E-state index in [2.05, 4.69) is 27.5 Å². The van der Waals surface area contributed by atoms with Crippen molar-refractivity contribution in [3.63, 3.8) is 0 Å². The Morgan fingerprint density at radius 1 is 1.00 bits per heavy atom. The summed E-state index contributed by atoms with van der Waals surface area (Å²) in [7, 11) is 0. The number of ether oxygens (including phenoxy) is 1. The van der Waals surface area contributed by atoms with Gasteiger partial charge in [-0.25, -0.2) is 5.01 Å². The molecule has 0 bridgehead atoms.